The Hall–Kier alpha value is -0.330. The van der Waals surface area contributed by atoms with E-state index in [4.69, 9.17) is 0 Å². The van der Waals surface area contributed by atoms with Crippen LogP contribution in [0, 0.1) is 5.41 Å². The van der Waals surface area contributed by atoms with Crippen molar-refractivity contribution in [1.29, 1.82) is 0 Å². The lowest BCUT2D eigenvalue weighted by atomic mass is 9.92. The minimum atomic E-state index is 0.0758. The largest absolute Gasteiger partial charge is 0.291 e. The topological polar surface area (TPSA) is 12.4 Å². The maximum absolute atomic E-state index is 4.47. The molecule has 0 aliphatic rings. The molecule has 0 N–H and O–H groups in total. The van der Waals surface area contributed by atoms with Gasteiger partial charge in [-0.15, -0.1) is 0 Å². The van der Waals surface area contributed by atoms with Gasteiger partial charge < -0.3 is 0 Å². The molecule has 0 aromatic heterocycles. The number of rotatable bonds is 2. The second kappa shape index (κ2) is 3.38. The van der Waals surface area contributed by atoms with Gasteiger partial charge in [-0.1, -0.05) is 20.8 Å². The third-order valence-corrected chi connectivity index (χ3v) is 1.71. The van der Waals surface area contributed by atoms with Crippen LogP contribution in [0.5, 0.6) is 0 Å². The molecule has 0 fully saturated rings. The van der Waals surface area contributed by atoms with E-state index in [1.807, 2.05) is 0 Å². The standard InChI is InChI=1S/C10H21N/c1-7-10(5,6)8-11-9(2,3)4/h8H,7H2,1-6H3. The van der Waals surface area contributed by atoms with Gasteiger partial charge in [0.2, 0.25) is 0 Å². The lowest BCUT2D eigenvalue weighted by Gasteiger charge is -2.19. The summed E-state index contributed by atoms with van der Waals surface area (Å²) >= 11 is 0. The SMILES string of the molecule is CCC(C)(C)C=NC(C)(C)C. The van der Waals surface area contributed by atoms with Crippen LogP contribution in [0.25, 0.3) is 0 Å². The molecule has 1 heteroatoms. The molecule has 0 saturated carbocycles. The zero-order valence-electron chi connectivity index (χ0n) is 8.73. The zero-order valence-corrected chi connectivity index (χ0v) is 8.73. The predicted octanol–water partition coefficient (Wildman–Crippen LogP) is 3.29. The average molecular weight is 155 g/mol. The normalized spacial score (nSPS) is 14.4. The Morgan fingerprint density at radius 1 is 1.09 bits per heavy atom. The molecule has 0 aliphatic carbocycles. The molecule has 66 valence electrons. The summed E-state index contributed by atoms with van der Waals surface area (Å²) in [6.45, 7) is 13.0. The van der Waals surface area contributed by atoms with Crippen LogP contribution in [-0.4, -0.2) is 11.8 Å². The summed E-state index contributed by atoms with van der Waals surface area (Å²) in [5, 5.41) is 0. The van der Waals surface area contributed by atoms with Crippen LogP contribution in [0.1, 0.15) is 48.0 Å². The lowest BCUT2D eigenvalue weighted by Crippen LogP contribution is -2.17. The Kier molecular flexibility index (Phi) is 3.28. The summed E-state index contributed by atoms with van der Waals surface area (Å²) in [6, 6.07) is 0. The molecule has 0 saturated heterocycles. The van der Waals surface area contributed by atoms with E-state index in [2.05, 4.69) is 52.7 Å². The number of aliphatic imine (C=N–C) groups is 1. The van der Waals surface area contributed by atoms with Crippen molar-refractivity contribution < 1.29 is 0 Å². The van der Waals surface area contributed by atoms with Crippen LogP contribution in [0.15, 0.2) is 4.99 Å². The van der Waals surface area contributed by atoms with Gasteiger partial charge in [0.25, 0.3) is 0 Å². The van der Waals surface area contributed by atoms with Crippen molar-refractivity contribution in [2.45, 2.75) is 53.5 Å². The van der Waals surface area contributed by atoms with Crippen LogP contribution < -0.4 is 0 Å². The third kappa shape index (κ3) is 6.08. The predicted molar refractivity (Wildman–Crippen MR) is 52.3 cm³/mol. The van der Waals surface area contributed by atoms with E-state index in [0.29, 0.717) is 0 Å². The molecule has 0 atom stereocenters. The minimum Gasteiger partial charge on any atom is -0.291 e. The van der Waals surface area contributed by atoms with Crippen molar-refractivity contribution in [2.75, 3.05) is 0 Å². The summed E-state index contributed by atoms with van der Waals surface area (Å²) in [6.07, 6.45) is 3.22. The van der Waals surface area contributed by atoms with E-state index in [9.17, 15) is 0 Å². The van der Waals surface area contributed by atoms with Crippen LogP contribution in [0.3, 0.4) is 0 Å². The average Bonchev–Trinajstić information content (AvgIpc) is 1.83. The highest BCUT2D eigenvalue weighted by atomic mass is 14.8. The number of hydrogen-bond donors (Lipinski definition) is 0. The van der Waals surface area contributed by atoms with Gasteiger partial charge in [0.05, 0.1) is 5.54 Å². The first kappa shape index (κ1) is 10.7. The van der Waals surface area contributed by atoms with Gasteiger partial charge >= 0.3 is 0 Å². The van der Waals surface area contributed by atoms with E-state index < -0.39 is 0 Å². The van der Waals surface area contributed by atoms with E-state index in [0.717, 1.165) is 6.42 Å². The van der Waals surface area contributed by atoms with E-state index in [-0.39, 0.29) is 11.0 Å². The quantitative estimate of drug-likeness (QED) is 0.543. The number of nitrogens with zero attached hydrogens (tertiary/aromatic N) is 1. The summed E-state index contributed by atoms with van der Waals surface area (Å²) < 4.78 is 0. The molecule has 0 spiro atoms. The van der Waals surface area contributed by atoms with Crippen LogP contribution in [0.4, 0.5) is 0 Å². The van der Waals surface area contributed by atoms with Gasteiger partial charge in [0.15, 0.2) is 0 Å². The van der Waals surface area contributed by atoms with Crippen molar-refractivity contribution in [3.63, 3.8) is 0 Å². The zero-order chi connectivity index (χ0) is 9.12. The molecule has 0 bridgehead atoms. The molecule has 0 unspecified atom stereocenters. The number of hydrogen-bond acceptors (Lipinski definition) is 1. The first-order valence-electron chi connectivity index (χ1n) is 4.33. The Morgan fingerprint density at radius 3 is 1.82 bits per heavy atom. The summed E-state index contributed by atoms with van der Waals surface area (Å²) in [5.74, 6) is 0. The molecular weight excluding hydrogens is 134 g/mol. The fraction of sp³-hybridized carbons (Fsp3) is 0.900. The first-order chi connectivity index (χ1) is 4.77. The van der Waals surface area contributed by atoms with Crippen LogP contribution in [0.2, 0.25) is 0 Å². The molecule has 1 nitrogen and oxygen atoms in total. The molecule has 11 heavy (non-hydrogen) atoms. The van der Waals surface area contributed by atoms with Gasteiger partial charge in [0.1, 0.15) is 0 Å². The van der Waals surface area contributed by atoms with Crippen molar-refractivity contribution in [3.05, 3.63) is 0 Å². The Morgan fingerprint density at radius 2 is 1.55 bits per heavy atom. The highest BCUT2D eigenvalue weighted by Crippen LogP contribution is 2.18. The van der Waals surface area contributed by atoms with E-state index in [1.54, 1.807) is 0 Å². The monoisotopic (exact) mass is 155 g/mol. The van der Waals surface area contributed by atoms with Crippen molar-refractivity contribution in [1.82, 2.24) is 0 Å². The van der Waals surface area contributed by atoms with E-state index >= 15 is 0 Å². The molecule has 0 aliphatic heterocycles. The molecule has 0 heterocycles. The molecule has 0 aromatic rings. The Labute approximate surface area is 70.9 Å². The maximum Gasteiger partial charge on any atom is 0.0520 e. The van der Waals surface area contributed by atoms with Gasteiger partial charge in [-0.25, -0.2) is 0 Å². The highest BCUT2D eigenvalue weighted by Gasteiger charge is 2.13. The Balaban J connectivity index is 4.13. The Bertz CT molecular complexity index is 137. The molecule has 0 aromatic carbocycles. The third-order valence-electron chi connectivity index (χ3n) is 1.71. The van der Waals surface area contributed by atoms with Crippen molar-refractivity contribution >= 4 is 6.21 Å². The summed E-state index contributed by atoms with van der Waals surface area (Å²) in [7, 11) is 0. The van der Waals surface area contributed by atoms with Gasteiger partial charge in [-0.3, -0.25) is 4.99 Å². The summed E-state index contributed by atoms with van der Waals surface area (Å²) in [5.41, 5.74) is 0.333. The van der Waals surface area contributed by atoms with Crippen LogP contribution >= 0.6 is 0 Å². The second-order valence-electron chi connectivity index (χ2n) is 4.77. The van der Waals surface area contributed by atoms with Gasteiger partial charge in [0, 0.05) is 6.21 Å². The molecule has 0 rings (SSSR count). The molecule has 0 amide bonds. The minimum absolute atomic E-state index is 0.0758. The van der Waals surface area contributed by atoms with Crippen molar-refractivity contribution in [2.24, 2.45) is 10.4 Å². The molecular formula is C10H21N. The first-order valence-corrected chi connectivity index (χ1v) is 4.33. The van der Waals surface area contributed by atoms with Gasteiger partial charge in [-0.2, -0.15) is 0 Å². The maximum atomic E-state index is 4.47. The highest BCUT2D eigenvalue weighted by molar-refractivity contribution is 5.64. The second-order valence-corrected chi connectivity index (χ2v) is 4.77. The van der Waals surface area contributed by atoms with Crippen LogP contribution in [-0.2, 0) is 0 Å². The van der Waals surface area contributed by atoms with Crippen molar-refractivity contribution in [3.8, 4) is 0 Å². The fourth-order valence-corrected chi connectivity index (χ4v) is 0.460. The van der Waals surface area contributed by atoms with E-state index in [1.165, 1.54) is 0 Å². The van der Waals surface area contributed by atoms with Gasteiger partial charge in [-0.05, 0) is 32.6 Å². The summed E-state index contributed by atoms with van der Waals surface area (Å²) in [4.78, 5) is 4.47. The molecule has 0 radical (unpaired) electrons. The fourth-order valence-electron chi connectivity index (χ4n) is 0.460. The smallest absolute Gasteiger partial charge is 0.0520 e. The lowest BCUT2D eigenvalue weighted by molar-refractivity contribution is 0.499.